The summed E-state index contributed by atoms with van der Waals surface area (Å²) < 4.78 is 0.757. The molecule has 1 unspecified atom stereocenters. The molecular weight excluding hydrogens is 208 g/mol. The van der Waals surface area contributed by atoms with Gasteiger partial charge >= 0.3 is 0 Å². The van der Waals surface area contributed by atoms with Crippen molar-refractivity contribution in [2.24, 2.45) is 5.73 Å². The molecule has 0 saturated carbocycles. The van der Waals surface area contributed by atoms with Crippen molar-refractivity contribution in [2.45, 2.75) is 12.6 Å². The van der Waals surface area contributed by atoms with Gasteiger partial charge in [-0.15, -0.1) is 11.3 Å². The number of hydrogen-bond acceptors (Lipinski definition) is 3. The number of thiophene rings is 1. The number of amides is 1. The highest BCUT2D eigenvalue weighted by Crippen LogP contribution is 2.24. The van der Waals surface area contributed by atoms with Crippen LogP contribution in [0.5, 0.6) is 0 Å². The molecule has 1 aromatic heterocycles. The van der Waals surface area contributed by atoms with E-state index in [4.69, 9.17) is 17.3 Å². The summed E-state index contributed by atoms with van der Waals surface area (Å²) >= 11 is 7.26. The van der Waals surface area contributed by atoms with Crippen molar-refractivity contribution in [3.05, 3.63) is 21.3 Å². The van der Waals surface area contributed by atoms with Gasteiger partial charge in [0.2, 0.25) is 5.91 Å². The Hall–Kier alpha value is -0.580. The Kier molecular flexibility index (Phi) is 2.27. The van der Waals surface area contributed by atoms with E-state index in [-0.39, 0.29) is 11.9 Å². The number of rotatable bonds is 2. The number of nitrogens with zero attached hydrogens (tertiary/aromatic N) is 1. The quantitative estimate of drug-likeness (QED) is 0.752. The molecule has 2 rings (SSSR count). The van der Waals surface area contributed by atoms with Gasteiger partial charge < -0.3 is 10.6 Å². The third kappa shape index (κ3) is 1.70. The number of carbonyl (C=O) groups excluding carboxylic acids is 1. The highest BCUT2D eigenvalue weighted by molar-refractivity contribution is 7.16. The van der Waals surface area contributed by atoms with Gasteiger partial charge in [0, 0.05) is 11.4 Å². The lowest BCUT2D eigenvalue weighted by atomic mass is 10.1. The maximum Gasteiger partial charge on any atom is 0.241 e. The number of nitrogens with two attached hydrogens (primary N) is 1. The van der Waals surface area contributed by atoms with Crippen molar-refractivity contribution in [3.8, 4) is 0 Å². The highest BCUT2D eigenvalue weighted by Gasteiger charge is 2.33. The number of carbonyl (C=O) groups is 1. The van der Waals surface area contributed by atoms with Crippen LogP contribution < -0.4 is 5.73 Å². The molecule has 0 aromatic carbocycles. The van der Waals surface area contributed by atoms with Crippen LogP contribution in [0.2, 0.25) is 4.34 Å². The average molecular weight is 217 g/mol. The third-order valence-electron chi connectivity index (χ3n) is 2.02. The van der Waals surface area contributed by atoms with Crippen LogP contribution in [0.25, 0.3) is 0 Å². The molecule has 0 bridgehead atoms. The molecule has 2 N–H and O–H groups in total. The molecule has 3 nitrogen and oxygen atoms in total. The third-order valence-corrected chi connectivity index (χ3v) is 3.24. The van der Waals surface area contributed by atoms with Crippen LogP contribution in [0.15, 0.2) is 12.1 Å². The van der Waals surface area contributed by atoms with Crippen molar-refractivity contribution in [2.75, 3.05) is 6.54 Å². The van der Waals surface area contributed by atoms with E-state index < -0.39 is 0 Å². The minimum atomic E-state index is -0.282. The van der Waals surface area contributed by atoms with E-state index in [2.05, 4.69) is 0 Å². The van der Waals surface area contributed by atoms with Crippen LogP contribution in [0.4, 0.5) is 0 Å². The summed E-state index contributed by atoms with van der Waals surface area (Å²) in [6, 6.07) is 3.49. The van der Waals surface area contributed by atoms with Crippen molar-refractivity contribution in [1.82, 2.24) is 4.90 Å². The van der Waals surface area contributed by atoms with Crippen LogP contribution in [0, 0.1) is 0 Å². The van der Waals surface area contributed by atoms with Gasteiger partial charge in [0.1, 0.15) is 6.04 Å². The zero-order valence-corrected chi connectivity index (χ0v) is 8.44. The molecular formula is C8H9ClN2OS. The van der Waals surface area contributed by atoms with Crippen molar-refractivity contribution < 1.29 is 4.79 Å². The van der Waals surface area contributed by atoms with Gasteiger partial charge in [-0.3, -0.25) is 4.79 Å². The van der Waals surface area contributed by atoms with E-state index in [1.165, 1.54) is 11.3 Å². The number of likely N-dealkylation sites (tertiary alicyclic amines) is 1. The Labute approximate surface area is 85.1 Å². The first-order valence-corrected chi connectivity index (χ1v) is 5.15. The maximum atomic E-state index is 11.1. The predicted octanol–water partition coefficient (Wildman–Crippen LogP) is 1.07. The Morgan fingerprint density at radius 1 is 1.69 bits per heavy atom. The molecule has 1 aliphatic rings. The van der Waals surface area contributed by atoms with Gasteiger partial charge in [0.25, 0.3) is 0 Å². The molecule has 1 aliphatic heterocycles. The summed E-state index contributed by atoms with van der Waals surface area (Å²) in [4.78, 5) is 14.0. The van der Waals surface area contributed by atoms with E-state index in [0.717, 1.165) is 9.21 Å². The number of hydrogen-bond donors (Lipinski definition) is 1. The minimum absolute atomic E-state index is 0.0320. The molecule has 0 spiro atoms. The smallest absolute Gasteiger partial charge is 0.241 e. The van der Waals surface area contributed by atoms with Crippen molar-refractivity contribution in [1.29, 1.82) is 0 Å². The molecule has 1 saturated heterocycles. The molecule has 1 aromatic rings. The molecule has 1 atom stereocenters. The van der Waals surface area contributed by atoms with E-state index in [9.17, 15) is 4.79 Å². The minimum Gasteiger partial charge on any atom is -0.334 e. The summed E-state index contributed by atoms with van der Waals surface area (Å²) in [5, 5.41) is 0. The van der Waals surface area contributed by atoms with Crippen LogP contribution in [0.1, 0.15) is 4.88 Å². The zero-order valence-electron chi connectivity index (χ0n) is 6.87. The topological polar surface area (TPSA) is 46.3 Å². The Morgan fingerprint density at radius 3 is 2.92 bits per heavy atom. The summed E-state index contributed by atoms with van der Waals surface area (Å²) in [5.74, 6) is 0.0320. The van der Waals surface area contributed by atoms with Crippen molar-refractivity contribution in [3.63, 3.8) is 0 Å². The van der Waals surface area contributed by atoms with E-state index in [0.29, 0.717) is 13.1 Å². The monoisotopic (exact) mass is 216 g/mol. The normalized spacial score (nSPS) is 21.8. The lowest BCUT2D eigenvalue weighted by molar-refractivity contribution is -0.143. The Morgan fingerprint density at radius 2 is 2.46 bits per heavy atom. The van der Waals surface area contributed by atoms with Gasteiger partial charge in [0.05, 0.1) is 10.9 Å². The second-order valence-corrected chi connectivity index (χ2v) is 4.83. The Bertz CT molecular complexity index is 339. The molecule has 0 radical (unpaired) electrons. The van der Waals surface area contributed by atoms with E-state index in [1.54, 1.807) is 4.90 Å². The SMILES string of the molecule is NC1CN(Cc2ccc(Cl)s2)C1=O. The van der Waals surface area contributed by atoms with Crippen LogP contribution >= 0.6 is 22.9 Å². The lowest BCUT2D eigenvalue weighted by Crippen LogP contribution is -2.60. The number of halogens is 1. The van der Waals surface area contributed by atoms with Crippen LogP contribution in [-0.4, -0.2) is 23.4 Å². The molecule has 2 heterocycles. The fraction of sp³-hybridized carbons (Fsp3) is 0.375. The molecule has 1 fully saturated rings. The second-order valence-electron chi connectivity index (χ2n) is 3.03. The fourth-order valence-corrected chi connectivity index (χ4v) is 2.40. The maximum absolute atomic E-state index is 11.1. The van der Waals surface area contributed by atoms with Gasteiger partial charge in [-0.25, -0.2) is 0 Å². The molecule has 70 valence electrons. The summed E-state index contributed by atoms with van der Waals surface area (Å²) in [5.41, 5.74) is 5.46. The van der Waals surface area contributed by atoms with Crippen LogP contribution in [0.3, 0.4) is 0 Å². The average Bonchev–Trinajstić information content (AvgIpc) is 2.50. The Balaban J connectivity index is 1.96. The van der Waals surface area contributed by atoms with Crippen LogP contribution in [-0.2, 0) is 11.3 Å². The van der Waals surface area contributed by atoms with Crippen molar-refractivity contribution >= 4 is 28.8 Å². The van der Waals surface area contributed by atoms with Gasteiger partial charge in [0.15, 0.2) is 0 Å². The van der Waals surface area contributed by atoms with Gasteiger partial charge in [-0.1, -0.05) is 11.6 Å². The molecule has 0 aliphatic carbocycles. The second kappa shape index (κ2) is 3.29. The number of β-lactam (4-membered cyclic amide) rings is 1. The van der Waals surface area contributed by atoms with E-state index in [1.807, 2.05) is 12.1 Å². The lowest BCUT2D eigenvalue weighted by Gasteiger charge is -2.35. The first-order chi connectivity index (χ1) is 6.16. The van der Waals surface area contributed by atoms with Gasteiger partial charge in [-0.2, -0.15) is 0 Å². The highest BCUT2D eigenvalue weighted by atomic mass is 35.5. The largest absolute Gasteiger partial charge is 0.334 e. The summed E-state index contributed by atoms with van der Waals surface area (Å²) in [6.07, 6.45) is 0. The van der Waals surface area contributed by atoms with Gasteiger partial charge in [-0.05, 0) is 12.1 Å². The predicted molar refractivity (Wildman–Crippen MR) is 52.7 cm³/mol. The molecule has 13 heavy (non-hydrogen) atoms. The molecule has 5 heteroatoms. The standard InChI is InChI=1S/C8H9ClN2OS/c9-7-2-1-5(13-7)3-11-4-6(10)8(11)12/h1-2,6H,3-4,10H2. The zero-order chi connectivity index (χ0) is 9.42. The first-order valence-electron chi connectivity index (χ1n) is 3.95. The fourth-order valence-electron chi connectivity index (χ4n) is 1.29. The summed E-state index contributed by atoms with van der Waals surface area (Å²) in [7, 11) is 0. The first kappa shape index (κ1) is 8.99. The van der Waals surface area contributed by atoms with E-state index >= 15 is 0 Å². The summed E-state index contributed by atoms with van der Waals surface area (Å²) in [6.45, 7) is 1.30. The molecule has 1 amide bonds.